The molecule has 5 rings (SSSR count). The molecule has 1 N–H and O–H groups in total. The maximum atomic E-state index is 13.5. The van der Waals surface area contributed by atoms with E-state index in [9.17, 15) is 22.8 Å². The SMILES string of the molecule is O=C(Cc1nc2ccc(NC(=O)C(CCCN3CCOCC3)c3cccc(C(F)(F)F)c3)cc2s1)c1cscn1. The summed E-state index contributed by atoms with van der Waals surface area (Å²) in [5.41, 5.74) is 2.78. The number of Topliss-reactive ketones (excluding diaryl/α,β-unsaturated/α-hetero) is 1. The summed E-state index contributed by atoms with van der Waals surface area (Å²) in [6.07, 6.45) is -3.32. The number of carbonyl (C=O) groups is 2. The molecule has 7 nitrogen and oxygen atoms in total. The number of aromatic nitrogens is 2. The minimum atomic E-state index is -4.50. The van der Waals surface area contributed by atoms with E-state index in [2.05, 4.69) is 20.2 Å². The van der Waals surface area contributed by atoms with Gasteiger partial charge in [0.25, 0.3) is 0 Å². The molecule has 1 saturated heterocycles. The number of nitrogens with zero attached hydrogens (tertiary/aromatic N) is 3. The molecule has 0 spiro atoms. The topological polar surface area (TPSA) is 84.4 Å². The third-order valence-electron chi connectivity index (χ3n) is 6.73. The van der Waals surface area contributed by atoms with Crippen LogP contribution in [0.5, 0.6) is 0 Å². The van der Waals surface area contributed by atoms with Crippen molar-refractivity contribution >= 4 is 50.3 Å². The quantitative estimate of drug-likeness (QED) is 0.228. The van der Waals surface area contributed by atoms with Crippen LogP contribution in [0.15, 0.2) is 53.4 Å². The fraction of sp³-hybridized carbons (Fsp3) is 0.357. The fourth-order valence-corrected chi connectivity index (χ4v) is 6.22. The summed E-state index contributed by atoms with van der Waals surface area (Å²) in [5, 5.41) is 5.24. The van der Waals surface area contributed by atoms with E-state index < -0.39 is 17.7 Å². The van der Waals surface area contributed by atoms with Crippen molar-refractivity contribution in [1.82, 2.24) is 14.9 Å². The molecule has 4 aromatic rings. The van der Waals surface area contributed by atoms with Gasteiger partial charge in [-0.3, -0.25) is 14.5 Å². The number of anilines is 1. The smallest absolute Gasteiger partial charge is 0.379 e. The highest BCUT2D eigenvalue weighted by Gasteiger charge is 2.32. The second kappa shape index (κ2) is 12.5. The number of halogens is 3. The minimum absolute atomic E-state index is 0.116. The van der Waals surface area contributed by atoms with E-state index in [0.29, 0.717) is 53.5 Å². The van der Waals surface area contributed by atoms with Crippen LogP contribution < -0.4 is 5.32 Å². The standard InChI is InChI=1S/C28H27F3N4O3S2/c29-28(30,31)19-4-1-3-18(13-19)21(5-2-8-35-9-11-38-12-10-35)27(37)33-20-6-7-22-25(14-20)40-26(34-22)15-24(36)23-16-39-17-32-23/h1,3-4,6-7,13-14,16-17,21H,2,5,8-12,15H2,(H,33,37). The molecule has 1 fully saturated rings. The molecule has 1 aliphatic heterocycles. The highest BCUT2D eigenvalue weighted by molar-refractivity contribution is 7.18. The van der Waals surface area contributed by atoms with Crippen molar-refractivity contribution in [2.24, 2.45) is 0 Å². The first-order valence-corrected chi connectivity index (χ1v) is 14.6. The van der Waals surface area contributed by atoms with E-state index in [-0.39, 0.29) is 18.1 Å². The highest BCUT2D eigenvalue weighted by atomic mass is 32.1. The molecule has 1 amide bonds. The molecule has 0 saturated carbocycles. The first-order valence-electron chi connectivity index (χ1n) is 12.9. The van der Waals surface area contributed by atoms with Crippen LogP contribution in [0.4, 0.5) is 18.9 Å². The van der Waals surface area contributed by atoms with E-state index in [1.54, 1.807) is 35.2 Å². The number of morpholine rings is 1. The molecule has 12 heteroatoms. The van der Waals surface area contributed by atoms with Crippen molar-refractivity contribution in [2.75, 3.05) is 38.2 Å². The summed E-state index contributed by atoms with van der Waals surface area (Å²) < 4.78 is 46.5. The van der Waals surface area contributed by atoms with Crippen LogP contribution >= 0.6 is 22.7 Å². The van der Waals surface area contributed by atoms with Gasteiger partial charge in [-0.2, -0.15) is 13.2 Å². The fourth-order valence-electron chi connectivity index (χ4n) is 4.66. The molecule has 210 valence electrons. The van der Waals surface area contributed by atoms with Crippen LogP contribution in [0, 0.1) is 0 Å². The molecular weight excluding hydrogens is 561 g/mol. The predicted molar refractivity (Wildman–Crippen MR) is 149 cm³/mol. The third kappa shape index (κ3) is 7.11. The Morgan fingerprint density at radius 2 is 1.95 bits per heavy atom. The largest absolute Gasteiger partial charge is 0.416 e. The van der Waals surface area contributed by atoms with E-state index in [4.69, 9.17) is 4.74 Å². The van der Waals surface area contributed by atoms with Crippen molar-refractivity contribution in [3.63, 3.8) is 0 Å². The van der Waals surface area contributed by atoms with Crippen LogP contribution in [0.25, 0.3) is 10.2 Å². The molecule has 0 radical (unpaired) electrons. The molecule has 0 bridgehead atoms. The number of fused-ring (bicyclic) bond motifs is 1. The van der Waals surface area contributed by atoms with Gasteiger partial charge in [0, 0.05) is 24.2 Å². The normalized spacial score (nSPS) is 15.3. The Kier molecular flexibility index (Phi) is 8.89. The van der Waals surface area contributed by atoms with Crippen LogP contribution in [-0.4, -0.2) is 59.4 Å². The average molecular weight is 589 g/mol. The van der Waals surface area contributed by atoms with Gasteiger partial charge in [-0.1, -0.05) is 18.2 Å². The van der Waals surface area contributed by atoms with Crippen molar-refractivity contribution in [3.05, 3.63) is 75.2 Å². The zero-order valence-electron chi connectivity index (χ0n) is 21.4. The van der Waals surface area contributed by atoms with E-state index >= 15 is 0 Å². The zero-order valence-corrected chi connectivity index (χ0v) is 23.1. The summed E-state index contributed by atoms with van der Waals surface area (Å²) in [7, 11) is 0. The number of amides is 1. The van der Waals surface area contributed by atoms with Crippen molar-refractivity contribution in [1.29, 1.82) is 0 Å². The first kappa shape index (κ1) is 28.3. The molecule has 3 heterocycles. The second-order valence-corrected chi connectivity index (χ2v) is 11.4. The molecule has 2 aromatic carbocycles. The summed E-state index contributed by atoms with van der Waals surface area (Å²) in [6.45, 7) is 3.64. The van der Waals surface area contributed by atoms with Crippen molar-refractivity contribution in [3.8, 4) is 0 Å². The summed E-state index contributed by atoms with van der Waals surface area (Å²) in [5.74, 6) is -1.24. The van der Waals surface area contributed by atoms with Gasteiger partial charge >= 0.3 is 6.18 Å². The maximum Gasteiger partial charge on any atom is 0.416 e. The monoisotopic (exact) mass is 588 g/mol. The Morgan fingerprint density at radius 3 is 2.70 bits per heavy atom. The van der Waals surface area contributed by atoms with Crippen LogP contribution in [0.3, 0.4) is 0 Å². The summed E-state index contributed by atoms with van der Waals surface area (Å²) in [4.78, 5) is 36.7. The number of carbonyl (C=O) groups excluding carboxylic acids is 2. The Labute approximate surface area is 237 Å². The zero-order chi connectivity index (χ0) is 28.1. The number of ether oxygens (including phenoxy) is 1. The lowest BCUT2D eigenvalue weighted by molar-refractivity contribution is -0.137. The third-order valence-corrected chi connectivity index (χ3v) is 8.34. The molecule has 40 heavy (non-hydrogen) atoms. The Balaban J connectivity index is 1.31. The lowest BCUT2D eigenvalue weighted by Crippen LogP contribution is -2.37. The first-order chi connectivity index (χ1) is 19.3. The van der Waals surface area contributed by atoms with Crippen LogP contribution in [0.2, 0.25) is 0 Å². The predicted octanol–water partition coefficient (Wildman–Crippen LogP) is 6.03. The Morgan fingerprint density at radius 1 is 1.12 bits per heavy atom. The van der Waals surface area contributed by atoms with E-state index in [1.165, 1.54) is 28.7 Å². The second-order valence-electron chi connectivity index (χ2n) is 9.53. The average Bonchev–Trinajstić information content (AvgIpc) is 3.61. The van der Waals surface area contributed by atoms with E-state index in [0.717, 1.165) is 36.5 Å². The van der Waals surface area contributed by atoms with E-state index in [1.807, 2.05) is 0 Å². The van der Waals surface area contributed by atoms with Gasteiger partial charge in [0.05, 0.1) is 46.8 Å². The Bertz CT molecular complexity index is 1470. The number of hydrogen-bond acceptors (Lipinski definition) is 8. The minimum Gasteiger partial charge on any atom is -0.379 e. The lowest BCUT2D eigenvalue weighted by atomic mass is 9.91. The highest BCUT2D eigenvalue weighted by Crippen LogP contribution is 2.33. The number of benzene rings is 2. The maximum absolute atomic E-state index is 13.5. The van der Waals surface area contributed by atoms with Crippen LogP contribution in [0.1, 0.15) is 45.4 Å². The van der Waals surface area contributed by atoms with Gasteiger partial charge in [-0.15, -0.1) is 22.7 Å². The summed E-state index contributed by atoms with van der Waals surface area (Å²) in [6, 6.07) is 10.2. The molecule has 2 aromatic heterocycles. The van der Waals surface area contributed by atoms with Crippen LogP contribution in [-0.2, 0) is 22.1 Å². The van der Waals surface area contributed by atoms with Crippen molar-refractivity contribution < 1.29 is 27.5 Å². The molecule has 1 atom stereocenters. The number of rotatable bonds is 10. The van der Waals surface area contributed by atoms with Gasteiger partial charge < -0.3 is 10.1 Å². The lowest BCUT2D eigenvalue weighted by Gasteiger charge is -2.27. The molecule has 1 unspecified atom stereocenters. The van der Waals surface area contributed by atoms with Gasteiger partial charge in [-0.05, 0) is 49.2 Å². The number of ketones is 1. The van der Waals surface area contributed by atoms with Gasteiger partial charge in [0.1, 0.15) is 10.7 Å². The molecule has 0 aliphatic carbocycles. The summed E-state index contributed by atoms with van der Waals surface area (Å²) >= 11 is 2.71. The number of nitrogens with one attached hydrogen (secondary N) is 1. The number of thiazole rings is 2. The van der Waals surface area contributed by atoms with Gasteiger partial charge in [0.15, 0.2) is 5.78 Å². The molecule has 1 aliphatic rings. The number of hydrogen-bond donors (Lipinski definition) is 1. The van der Waals surface area contributed by atoms with Gasteiger partial charge in [-0.25, -0.2) is 9.97 Å². The Hall–Kier alpha value is -3.19. The van der Waals surface area contributed by atoms with Crippen molar-refractivity contribution in [2.45, 2.75) is 31.4 Å². The number of alkyl halides is 3. The molecular formula is C28H27F3N4O3S2. The van der Waals surface area contributed by atoms with Gasteiger partial charge in [0.2, 0.25) is 5.91 Å².